The molecule has 0 saturated carbocycles. The number of fused-ring (bicyclic) bond motifs is 8. The highest BCUT2D eigenvalue weighted by atomic mass is 35.5. The summed E-state index contributed by atoms with van der Waals surface area (Å²) in [6, 6.07) is -5.11. The van der Waals surface area contributed by atoms with Crippen molar-refractivity contribution in [3.05, 3.63) is 22.3 Å². The van der Waals surface area contributed by atoms with Gasteiger partial charge in [-0.1, -0.05) is 11.1 Å². The zero-order chi connectivity index (χ0) is 44.0. The summed E-state index contributed by atoms with van der Waals surface area (Å²) in [5.41, 5.74) is 1.92. The first-order valence-corrected chi connectivity index (χ1v) is 20.5. The number of hydrogen-bond donors (Lipinski definition) is 12. The molecule has 3 saturated heterocycles. The summed E-state index contributed by atoms with van der Waals surface area (Å²) < 4.78 is 0. The van der Waals surface area contributed by atoms with Crippen molar-refractivity contribution < 1.29 is 79.2 Å². The topological polar surface area (TPSA) is 347 Å². The summed E-state index contributed by atoms with van der Waals surface area (Å²) >= 11 is 0. The molecule has 0 radical (unpaired) electrons. The molecule has 0 spiro atoms. The van der Waals surface area contributed by atoms with Crippen LogP contribution in [-0.2, 0) is 38.4 Å². The fourth-order valence-electron chi connectivity index (χ4n) is 11.2. The van der Waals surface area contributed by atoms with E-state index in [2.05, 4.69) is 21.3 Å². The van der Waals surface area contributed by atoms with Gasteiger partial charge in [-0.15, -0.1) is 24.8 Å². The largest absolute Gasteiger partial charge is 0.481 e. The molecule has 8 bridgehead atoms. The summed E-state index contributed by atoms with van der Waals surface area (Å²) in [6.45, 7) is 0. The Hall–Kier alpha value is -4.34. The van der Waals surface area contributed by atoms with Gasteiger partial charge in [-0.2, -0.15) is 0 Å². The first-order valence-electron chi connectivity index (χ1n) is 20.5. The lowest BCUT2D eigenvalue weighted by molar-refractivity contribution is -0.140. The first kappa shape index (κ1) is 52.0. The highest BCUT2D eigenvalue weighted by Crippen LogP contribution is 2.45. The van der Waals surface area contributed by atoms with Crippen molar-refractivity contribution >= 4 is 72.6 Å². The van der Waals surface area contributed by atoms with Crippen molar-refractivity contribution in [2.24, 2.45) is 23.7 Å². The van der Waals surface area contributed by atoms with Gasteiger partial charge < -0.3 is 62.1 Å². The Balaban J connectivity index is 0.00000512. The van der Waals surface area contributed by atoms with Crippen molar-refractivity contribution in [2.75, 3.05) is 0 Å². The van der Waals surface area contributed by atoms with Gasteiger partial charge in [0.25, 0.3) is 0 Å². The second-order valence-corrected chi connectivity index (χ2v) is 17.0. The Morgan fingerprint density at radius 1 is 0.371 bits per heavy atom. The van der Waals surface area contributed by atoms with Crippen LogP contribution in [0.25, 0.3) is 0 Å². The molecule has 348 valence electrons. The summed E-state index contributed by atoms with van der Waals surface area (Å²) in [5.74, 6) is -11.5. The van der Waals surface area contributed by atoms with E-state index in [9.17, 15) is 79.2 Å². The van der Waals surface area contributed by atoms with Crippen molar-refractivity contribution in [1.82, 2.24) is 21.3 Å². The van der Waals surface area contributed by atoms with Crippen LogP contribution in [0.2, 0.25) is 0 Å². The second-order valence-electron chi connectivity index (χ2n) is 17.0. The molecule has 0 amide bonds. The molecule has 12 unspecified atom stereocenters. The number of aliphatic carboxylic acids is 8. The highest BCUT2D eigenvalue weighted by molar-refractivity contribution is 5.85. The molecule has 5 aliphatic rings. The zero-order valence-corrected chi connectivity index (χ0v) is 35.5. The molecule has 0 aliphatic carbocycles. The van der Waals surface area contributed by atoms with Gasteiger partial charge in [-0.05, 0) is 86.2 Å². The molecule has 3 fully saturated rings. The lowest BCUT2D eigenvalue weighted by Crippen LogP contribution is -2.46. The van der Waals surface area contributed by atoms with E-state index >= 15 is 0 Å². The molecule has 62 heavy (non-hydrogen) atoms. The molecular weight excluding hydrogens is 863 g/mol. The zero-order valence-electron chi connectivity index (χ0n) is 33.9. The smallest absolute Gasteiger partial charge is 0.307 e. The normalized spacial score (nSPS) is 31.5. The van der Waals surface area contributed by atoms with Gasteiger partial charge in [0.15, 0.2) is 0 Å². The lowest BCUT2D eigenvalue weighted by atomic mass is 9.77. The van der Waals surface area contributed by atoms with Crippen LogP contribution in [0.3, 0.4) is 0 Å². The molecule has 12 atom stereocenters. The van der Waals surface area contributed by atoms with Crippen LogP contribution in [0.15, 0.2) is 22.3 Å². The van der Waals surface area contributed by atoms with Crippen LogP contribution in [0.5, 0.6) is 0 Å². The van der Waals surface area contributed by atoms with Gasteiger partial charge in [-0.3, -0.25) is 38.4 Å². The minimum absolute atomic E-state index is 0. The fraction of sp³-hybridized carbons (Fsp3) is 0.700. The number of carboxylic acids is 8. The average molecular weight is 922 g/mol. The molecule has 20 nitrogen and oxygen atoms in total. The van der Waals surface area contributed by atoms with Crippen LogP contribution in [0.4, 0.5) is 0 Å². The maximum atomic E-state index is 12.4. The Labute approximate surface area is 369 Å². The Kier molecular flexibility index (Phi) is 19.2. The van der Waals surface area contributed by atoms with Crippen molar-refractivity contribution in [3.8, 4) is 0 Å². The average Bonchev–Trinajstić information content (AvgIpc) is 3.81. The number of hydrogen-bond acceptors (Lipinski definition) is 12. The number of rotatable bonds is 20. The quantitative estimate of drug-likeness (QED) is 0.0779. The molecule has 0 aromatic rings. The van der Waals surface area contributed by atoms with E-state index in [1.54, 1.807) is 0 Å². The van der Waals surface area contributed by atoms with Crippen LogP contribution >= 0.6 is 24.8 Å². The van der Waals surface area contributed by atoms with E-state index in [1.165, 1.54) is 0 Å². The van der Waals surface area contributed by atoms with Gasteiger partial charge in [0.1, 0.15) is 0 Å². The molecule has 22 heteroatoms. The van der Waals surface area contributed by atoms with Crippen LogP contribution in [-0.4, -0.2) is 137 Å². The number of nitrogens with one attached hydrogen (secondary N) is 4. The SMILES string of the molecule is Cl.Cl.O=C(O)CCC1=C(CC(=O)O)C2CC3NC(CC4NC(CC5NC(CC1N2)C(CC(=O)O)C5CCC(=O)O)C(CC(=O)O)=C4CCC(=O)O)C(CC(=O)O)C3CCC(=O)O. The second kappa shape index (κ2) is 22.8. The third-order valence-electron chi connectivity index (χ3n) is 13.4. The van der Waals surface area contributed by atoms with Gasteiger partial charge in [0.05, 0.1) is 12.8 Å². The number of carboxylic acid groups (broad SMARTS) is 8. The standard InChI is InChI=1S/C40H56N4O16.2ClH/c45-33(46)5-1-17-21(9-37(53)54)29-14-26-19(3-7-35(49)50)23(11-39(57)58)31(43-26)16-28-20(4-8-36(51)52)24(12-40(59)60)32(44-28)15-27-18(2-6-34(47)48)22(10-38(55)56)30(42-27)13-25(17)41-29;;/h17,20-21,24-32,41-44H,1-16H2,(H,45,46)(H,47,48)(H,49,50)(H,51,52)(H,53,54)(H,55,56)(H,57,58)(H,59,60);2*1H. The summed E-state index contributed by atoms with van der Waals surface area (Å²) in [4.78, 5) is 97.4. The van der Waals surface area contributed by atoms with E-state index in [0.717, 1.165) is 0 Å². The summed E-state index contributed by atoms with van der Waals surface area (Å²) in [6.07, 6.45) is -2.25. The van der Waals surface area contributed by atoms with Crippen LogP contribution < -0.4 is 21.3 Å². The third kappa shape index (κ3) is 13.3. The monoisotopic (exact) mass is 920 g/mol. The molecule has 12 N–H and O–H groups in total. The molecule has 5 aliphatic heterocycles. The fourth-order valence-corrected chi connectivity index (χ4v) is 11.2. The van der Waals surface area contributed by atoms with Crippen molar-refractivity contribution in [3.63, 3.8) is 0 Å². The summed E-state index contributed by atoms with van der Waals surface area (Å²) in [5, 5.41) is 93.6. The Morgan fingerprint density at radius 3 is 0.935 bits per heavy atom. The number of halogens is 2. The predicted octanol–water partition coefficient (Wildman–Crippen LogP) is 2.18. The molecular formula is C40H58Cl2N4O16. The minimum atomic E-state index is -1.18. The third-order valence-corrected chi connectivity index (χ3v) is 13.4. The lowest BCUT2D eigenvalue weighted by Gasteiger charge is -2.29. The van der Waals surface area contributed by atoms with Gasteiger partial charge in [0, 0.05) is 86.9 Å². The van der Waals surface area contributed by atoms with Gasteiger partial charge >= 0.3 is 47.8 Å². The minimum Gasteiger partial charge on any atom is -0.481 e. The van der Waals surface area contributed by atoms with E-state index < -0.39 is 133 Å². The van der Waals surface area contributed by atoms with Gasteiger partial charge in [0.2, 0.25) is 0 Å². The van der Waals surface area contributed by atoms with E-state index in [-0.39, 0.29) is 115 Å². The van der Waals surface area contributed by atoms with Crippen molar-refractivity contribution in [1.29, 1.82) is 0 Å². The Morgan fingerprint density at radius 2 is 0.661 bits per heavy atom. The Bertz CT molecular complexity index is 1670. The molecule has 5 rings (SSSR count). The molecule has 0 aromatic heterocycles. The van der Waals surface area contributed by atoms with Crippen LogP contribution in [0, 0.1) is 23.7 Å². The molecule has 5 heterocycles. The maximum absolute atomic E-state index is 12.4. The highest BCUT2D eigenvalue weighted by Gasteiger charge is 2.51. The van der Waals surface area contributed by atoms with E-state index in [1.807, 2.05) is 0 Å². The van der Waals surface area contributed by atoms with Crippen molar-refractivity contribution in [2.45, 2.75) is 151 Å². The number of carbonyl (C=O) groups is 8. The summed E-state index contributed by atoms with van der Waals surface area (Å²) in [7, 11) is 0. The molecule has 0 aromatic carbocycles. The maximum Gasteiger partial charge on any atom is 0.307 e. The van der Waals surface area contributed by atoms with E-state index in [0.29, 0.717) is 22.3 Å². The van der Waals surface area contributed by atoms with E-state index in [4.69, 9.17) is 0 Å². The first-order chi connectivity index (χ1) is 28.3. The predicted molar refractivity (Wildman–Crippen MR) is 220 cm³/mol. The van der Waals surface area contributed by atoms with Gasteiger partial charge in [-0.25, -0.2) is 0 Å². The van der Waals surface area contributed by atoms with Crippen LogP contribution in [0.1, 0.15) is 103 Å².